The van der Waals surface area contributed by atoms with Gasteiger partial charge in [0.25, 0.3) is 7.82 Å². The van der Waals surface area contributed by atoms with E-state index in [4.69, 9.17) is 10.6 Å². The van der Waals surface area contributed by atoms with Crippen molar-refractivity contribution in [3.63, 3.8) is 0 Å². The number of phosphoric acid groups is 1. The summed E-state index contributed by atoms with van der Waals surface area (Å²) in [4.78, 5) is 30.5. The molecule has 9 heteroatoms. The highest BCUT2D eigenvalue weighted by Gasteiger charge is 2.15. The number of quaternary nitrogens is 1. The number of nitrogens with two attached hydrogens (primary N) is 1. The number of carbonyl (C=O) groups excluding carboxylic acids is 1. The van der Waals surface area contributed by atoms with E-state index in [2.05, 4.69) is 9.84 Å². The van der Waals surface area contributed by atoms with E-state index in [1.165, 1.54) is 0 Å². The second-order valence-electron chi connectivity index (χ2n) is 5.99. The fraction of sp³-hybridized carbons (Fsp3) is 0.923. The molecule has 0 aromatic rings. The lowest BCUT2D eigenvalue weighted by Gasteiger charge is -2.30. The SMILES string of the molecule is C[N+](C)(CCCNC(=O)CCCCCN)CCOP(=O)([O-])O. The predicted octanol–water partition coefficient (Wildman–Crippen LogP) is -0.434. The molecule has 132 valence electrons. The molecule has 0 saturated carbocycles. The molecule has 0 aromatic carbocycles. The first kappa shape index (κ1) is 21.5. The normalized spacial score (nSPS) is 14.6. The van der Waals surface area contributed by atoms with Gasteiger partial charge in [-0.3, -0.25) is 9.36 Å². The highest BCUT2D eigenvalue weighted by atomic mass is 31.2. The summed E-state index contributed by atoms with van der Waals surface area (Å²) in [6.45, 7) is 2.43. The molecule has 0 aliphatic rings. The number of rotatable bonds is 13. The van der Waals surface area contributed by atoms with Crippen LogP contribution in [-0.2, 0) is 13.9 Å². The van der Waals surface area contributed by atoms with E-state index >= 15 is 0 Å². The van der Waals surface area contributed by atoms with Gasteiger partial charge in [-0.05, 0) is 19.4 Å². The van der Waals surface area contributed by atoms with Gasteiger partial charge in [-0.1, -0.05) is 6.42 Å². The molecule has 1 atom stereocenters. The third-order valence-electron chi connectivity index (χ3n) is 3.32. The molecule has 0 heterocycles. The van der Waals surface area contributed by atoms with Crippen LogP contribution >= 0.6 is 7.82 Å². The van der Waals surface area contributed by atoms with Crippen LogP contribution in [0.25, 0.3) is 0 Å². The fourth-order valence-electron chi connectivity index (χ4n) is 1.95. The number of nitrogens with one attached hydrogen (secondary N) is 1. The largest absolute Gasteiger partial charge is 0.756 e. The van der Waals surface area contributed by atoms with Gasteiger partial charge in [0.05, 0.1) is 20.6 Å². The van der Waals surface area contributed by atoms with Crippen LogP contribution in [0.5, 0.6) is 0 Å². The maximum atomic E-state index is 11.6. The van der Waals surface area contributed by atoms with Crippen molar-refractivity contribution in [3.8, 4) is 0 Å². The summed E-state index contributed by atoms with van der Waals surface area (Å²) >= 11 is 0. The molecular formula is C13H30N3O5P. The number of hydrogen-bond acceptors (Lipinski definition) is 5. The number of unbranched alkanes of at least 4 members (excludes halogenated alkanes) is 2. The van der Waals surface area contributed by atoms with Crippen molar-refractivity contribution in [2.45, 2.75) is 32.1 Å². The smallest absolute Gasteiger partial charge is 0.265 e. The predicted molar refractivity (Wildman–Crippen MR) is 82.8 cm³/mol. The van der Waals surface area contributed by atoms with Crippen LogP contribution in [0, 0.1) is 0 Å². The van der Waals surface area contributed by atoms with Gasteiger partial charge in [0.15, 0.2) is 0 Å². The lowest BCUT2D eigenvalue weighted by Crippen LogP contribution is -2.44. The molecule has 0 bridgehead atoms. The van der Waals surface area contributed by atoms with Crippen molar-refractivity contribution < 1.29 is 28.2 Å². The van der Waals surface area contributed by atoms with Crippen LogP contribution in [0.15, 0.2) is 0 Å². The number of likely N-dealkylation sites (N-methyl/N-ethyl adjacent to an activating group) is 1. The van der Waals surface area contributed by atoms with Gasteiger partial charge in [0.1, 0.15) is 13.2 Å². The van der Waals surface area contributed by atoms with Gasteiger partial charge in [-0.15, -0.1) is 0 Å². The van der Waals surface area contributed by atoms with Crippen LogP contribution < -0.4 is 15.9 Å². The standard InChI is InChI=1S/C13H30N3O5P/c1-16(2,11-12-21-22(18,19)20)10-6-9-15-13(17)7-4-3-5-8-14/h3-12,14H2,1-2H3,(H2-,15,17,18,19,20). The van der Waals surface area contributed by atoms with Crippen molar-refractivity contribution >= 4 is 13.7 Å². The molecule has 22 heavy (non-hydrogen) atoms. The molecule has 0 fully saturated rings. The average molecular weight is 339 g/mol. The Morgan fingerprint density at radius 2 is 1.95 bits per heavy atom. The Morgan fingerprint density at radius 1 is 1.27 bits per heavy atom. The number of amides is 1. The quantitative estimate of drug-likeness (QED) is 0.237. The number of nitrogens with zero attached hydrogens (tertiary/aromatic N) is 1. The first-order chi connectivity index (χ1) is 10.2. The van der Waals surface area contributed by atoms with Gasteiger partial charge in [-0.2, -0.15) is 0 Å². The van der Waals surface area contributed by atoms with Crippen molar-refractivity contribution in [3.05, 3.63) is 0 Å². The highest BCUT2D eigenvalue weighted by Crippen LogP contribution is 2.29. The minimum atomic E-state index is -4.64. The van der Waals surface area contributed by atoms with E-state index in [-0.39, 0.29) is 12.5 Å². The van der Waals surface area contributed by atoms with E-state index < -0.39 is 7.82 Å². The summed E-state index contributed by atoms with van der Waals surface area (Å²) in [7, 11) is -0.766. The van der Waals surface area contributed by atoms with E-state index in [1.807, 2.05) is 14.1 Å². The first-order valence-electron chi connectivity index (χ1n) is 7.63. The maximum absolute atomic E-state index is 11.6. The van der Waals surface area contributed by atoms with Crippen LogP contribution in [0.1, 0.15) is 32.1 Å². The lowest BCUT2D eigenvalue weighted by atomic mass is 10.2. The second-order valence-corrected chi connectivity index (χ2v) is 7.18. The van der Waals surface area contributed by atoms with E-state index in [9.17, 15) is 14.3 Å². The van der Waals surface area contributed by atoms with Crippen molar-refractivity contribution in [1.29, 1.82) is 0 Å². The van der Waals surface area contributed by atoms with Crippen LogP contribution in [0.3, 0.4) is 0 Å². The van der Waals surface area contributed by atoms with E-state index in [1.54, 1.807) is 0 Å². The number of phosphoric ester groups is 1. The third kappa shape index (κ3) is 14.4. The van der Waals surface area contributed by atoms with E-state index in [0.717, 1.165) is 32.2 Å². The third-order valence-corrected chi connectivity index (χ3v) is 3.83. The summed E-state index contributed by atoms with van der Waals surface area (Å²) in [5, 5.41) is 2.87. The fourth-order valence-corrected chi connectivity index (χ4v) is 2.26. The Morgan fingerprint density at radius 3 is 2.55 bits per heavy atom. The van der Waals surface area contributed by atoms with Crippen molar-refractivity contribution in [2.75, 3.05) is 46.9 Å². The molecule has 0 rings (SSSR count). The summed E-state index contributed by atoms with van der Waals surface area (Å²) in [6.07, 6.45) is 4.10. The molecule has 4 N–H and O–H groups in total. The Hall–Kier alpha value is -0.500. The van der Waals surface area contributed by atoms with Gasteiger partial charge < -0.3 is 29.8 Å². The van der Waals surface area contributed by atoms with Gasteiger partial charge in [-0.25, -0.2) is 0 Å². The molecule has 8 nitrogen and oxygen atoms in total. The minimum Gasteiger partial charge on any atom is -0.756 e. The molecule has 1 unspecified atom stereocenters. The van der Waals surface area contributed by atoms with Crippen LogP contribution in [0.2, 0.25) is 0 Å². The number of carbonyl (C=O) groups is 1. The number of hydrogen-bond donors (Lipinski definition) is 3. The summed E-state index contributed by atoms with van der Waals surface area (Å²) in [6, 6.07) is 0. The summed E-state index contributed by atoms with van der Waals surface area (Å²) in [5.74, 6) is 0.0539. The molecular weight excluding hydrogens is 309 g/mol. The van der Waals surface area contributed by atoms with Crippen LogP contribution in [-0.4, -0.2) is 62.2 Å². The molecule has 0 aliphatic carbocycles. The Kier molecular flexibility index (Phi) is 10.8. The minimum absolute atomic E-state index is 0.0539. The van der Waals surface area contributed by atoms with Gasteiger partial charge in [0, 0.05) is 19.4 Å². The van der Waals surface area contributed by atoms with Crippen molar-refractivity contribution in [2.24, 2.45) is 5.73 Å². The molecule has 0 radical (unpaired) electrons. The van der Waals surface area contributed by atoms with Gasteiger partial charge >= 0.3 is 0 Å². The molecule has 0 aromatic heterocycles. The van der Waals surface area contributed by atoms with Crippen LogP contribution in [0.4, 0.5) is 0 Å². The topological polar surface area (TPSA) is 125 Å². The Labute approximate surface area is 132 Å². The van der Waals surface area contributed by atoms with Crippen molar-refractivity contribution in [1.82, 2.24) is 5.32 Å². The zero-order valence-electron chi connectivity index (χ0n) is 13.6. The summed E-state index contributed by atoms with van der Waals surface area (Å²) < 4.78 is 15.4. The molecule has 1 amide bonds. The maximum Gasteiger partial charge on any atom is 0.265 e. The molecule has 0 spiro atoms. The highest BCUT2D eigenvalue weighted by molar-refractivity contribution is 7.44. The second kappa shape index (κ2) is 11.1. The zero-order chi connectivity index (χ0) is 17.1. The van der Waals surface area contributed by atoms with Gasteiger partial charge in [0.2, 0.25) is 5.91 Å². The lowest BCUT2D eigenvalue weighted by molar-refractivity contribution is -0.890. The Bertz CT molecular complexity index is 360. The molecule has 0 saturated heterocycles. The monoisotopic (exact) mass is 339 g/mol. The first-order valence-corrected chi connectivity index (χ1v) is 9.13. The van der Waals surface area contributed by atoms with E-state index in [0.29, 0.717) is 30.5 Å². The molecule has 0 aliphatic heterocycles. The zero-order valence-corrected chi connectivity index (χ0v) is 14.5. The summed E-state index contributed by atoms with van der Waals surface area (Å²) in [5.41, 5.74) is 5.38. The Balaban J connectivity index is 3.67. The average Bonchev–Trinajstić information content (AvgIpc) is 2.38.